The third-order valence-electron chi connectivity index (χ3n) is 6.81. The van der Waals surface area contributed by atoms with E-state index < -0.39 is 0 Å². The molecule has 32 heavy (non-hydrogen) atoms. The van der Waals surface area contributed by atoms with Crippen molar-refractivity contribution in [3.8, 4) is 6.07 Å². The summed E-state index contributed by atoms with van der Waals surface area (Å²) < 4.78 is 7.81. The number of benzene rings is 2. The molecule has 2 aromatic carbocycles. The smallest absolute Gasteiger partial charge is 0.166 e. The first-order chi connectivity index (χ1) is 15.5. The zero-order valence-corrected chi connectivity index (χ0v) is 19.0. The number of carbonyl (C=O) groups excluding carboxylic acids is 1. The van der Waals surface area contributed by atoms with Crippen molar-refractivity contribution in [3.63, 3.8) is 0 Å². The molecule has 5 heteroatoms. The Hall–Kier alpha value is -3.10. The maximum absolute atomic E-state index is 11.2. The molecule has 1 saturated heterocycles. The SMILES string of the molecule is CN(C)c1ccccc1.N#CCn1c(C=O)cc2cc(C3CCOC4(CCC4)C3)ccc21. The molecule has 0 N–H and O–H groups in total. The minimum atomic E-state index is 0.137. The number of ether oxygens (including phenoxy) is 1. The van der Waals surface area contributed by atoms with Crippen LogP contribution in [0, 0.1) is 11.3 Å². The van der Waals surface area contributed by atoms with Crippen LogP contribution in [0.5, 0.6) is 0 Å². The summed E-state index contributed by atoms with van der Waals surface area (Å²) in [5.41, 5.74) is 4.25. The van der Waals surface area contributed by atoms with Crippen LogP contribution < -0.4 is 4.90 Å². The Balaban J connectivity index is 0.000000230. The number of nitrogens with zero attached hydrogens (tertiary/aromatic N) is 3. The van der Waals surface area contributed by atoms with Crippen molar-refractivity contribution >= 4 is 22.9 Å². The molecule has 2 fully saturated rings. The van der Waals surface area contributed by atoms with E-state index in [-0.39, 0.29) is 12.1 Å². The van der Waals surface area contributed by atoms with Gasteiger partial charge < -0.3 is 14.2 Å². The monoisotopic (exact) mass is 429 g/mol. The van der Waals surface area contributed by atoms with Gasteiger partial charge in [-0.05, 0) is 73.9 Å². The normalized spacial score (nSPS) is 18.8. The number of aromatic nitrogens is 1. The molecule has 166 valence electrons. The van der Waals surface area contributed by atoms with Crippen molar-refractivity contribution in [2.75, 3.05) is 25.6 Å². The quantitative estimate of drug-likeness (QED) is 0.511. The summed E-state index contributed by atoms with van der Waals surface area (Å²) in [7, 11) is 4.07. The van der Waals surface area contributed by atoms with E-state index in [2.05, 4.69) is 41.3 Å². The van der Waals surface area contributed by atoms with Gasteiger partial charge in [-0.2, -0.15) is 5.26 Å². The number of aldehydes is 1. The summed E-state index contributed by atoms with van der Waals surface area (Å²) >= 11 is 0. The fourth-order valence-electron chi connectivity index (χ4n) is 4.87. The zero-order valence-electron chi connectivity index (χ0n) is 19.0. The summed E-state index contributed by atoms with van der Waals surface area (Å²) in [5.74, 6) is 0.535. The molecule has 2 aliphatic rings. The van der Waals surface area contributed by atoms with E-state index in [1.807, 2.05) is 38.4 Å². The molecule has 1 aliphatic heterocycles. The van der Waals surface area contributed by atoms with Crippen LogP contribution in [0.2, 0.25) is 0 Å². The topological polar surface area (TPSA) is 58.3 Å². The van der Waals surface area contributed by atoms with Crippen LogP contribution in [0.15, 0.2) is 54.6 Å². The van der Waals surface area contributed by atoms with Crippen LogP contribution in [-0.4, -0.2) is 37.2 Å². The van der Waals surface area contributed by atoms with E-state index >= 15 is 0 Å². The average Bonchev–Trinajstić information content (AvgIpc) is 3.16. The number of hydrogen-bond acceptors (Lipinski definition) is 4. The Morgan fingerprint density at radius 2 is 1.97 bits per heavy atom. The summed E-state index contributed by atoms with van der Waals surface area (Å²) in [5, 5.41) is 10.0. The fourth-order valence-corrected chi connectivity index (χ4v) is 4.87. The number of nitriles is 1. The third kappa shape index (κ3) is 4.56. The van der Waals surface area contributed by atoms with Gasteiger partial charge in [-0.3, -0.25) is 4.79 Å². The number of anilines is 1. The highest BCUT2D eigenvalue weighted by Crippen LogP contribution is 2.47. The van der Waals surface area contributed by atoms with E-state index in [4.69, 9.17) is 10.00 Å². The van der Waals surface area contributed by atoms with Crippen LogP contribution in [0.25, 0.3) is 10.9 Å². The lowest BCUT2D eigenvalue weighted by atomic mass is 9.70. The molecule has 3 aromatic rings. The fraction of sp³-hybridized carbons (Fsp3) is 0.407. The van der Waals surface area contributed by atoms with Gasteiger partial charge in [0.25, 0.3) is 0 Å². The van der Waals surface area contributed by atoms with Gasteiger partial charge in [-0.25, -0.2) is 0 Å². The van der Waals surface area contributed by atoms with Crippen molar-refractivity contribution in [2.45, 2.75) is 50.2 Å². The number of para-hydroxylation sites is 1. The Kier molecular flexibility index (Phi) is 6.62. The lowest BCUT2D eigenvalue weighted by Crippen LogP contribution is -2.44. The molecule has 0 radical (unpaired) electrons. The molecule has 1 spiro atoms. The minimum Gasteiger partial charge on any atom is -0.378 e. The molecule has 5 nitrogen and oxygen atoms in total. The van der Waals surface area contributed by atoms with Crippen molar-refractivity contribution in [2.24, 2.45) is 0 Å². The molecular weight excluding hydrogens is 398 g/mol. The predicted molar refractivity (Wildman–Crippen MR) is 128 cm³/mol. The number of rotatable bonds is 4. The van der Waals surface area contributed by atoms with E-state index in [1.165, 1.54) is 30.5 Å². The Labute approximate surface area is 190 Å². The Morgan fingerprint density at radius 1 is 1.19 bits per heavy atom. The first-order valence-corrected chi connectivity index (χ1v) is 11.4. The van der Waals surface area contributed by atoms with E-state index in [1.54, 1.807) is 4.57 Å². The maximum Gasteiger partial charge on any atom is 0.166 e. The van der Waals surface area contributed by atoms with Crippen LogP contribution in [0.1, 0.15) is 54.1 Å². The van der Waals surface area contributed by atoms with Gasteiger partial charge in [0.1, 0.15) is 6.54 Å². The minimum absolute atomic E-state index is 0.137. The number of carbonyl (C=O) groups is 1. The summed E-state index contributed by atoms with van der Waals surface area (Å²) in [4.78, 5) is 13.3. The predicted octanol–water partition coefficient (Wildman–Crippen LogP) is 5.55. The van der Waals surface area contributed by atoms with E-state index in [9.17, 15) is 4.79 Å². The van der Waals surface area contributed by atoms with Crippen molar-refractivity contribution in [1.29, 1.82) is 5.26 Å². The van der Waals surface area contributed by atoms with E-state index in [0.29, 0.717) is 11.6 Å². The Bertz CT molecular complexity index is 1110. The largest absolute Gasteiger partial charge is 0.378 e. The highest BCUT2D eigenvalue weighted by molar-refractivity contribution is 5.89. The third-order valence-corrected chi connectivity index (χ3v) is 6.81. The first kappa shape index (κ1) is 22.1. The molecule has 2 heterocycles. The summed E-state index contributed by atoms with van der Waals surface area (Å²) in [6, 6.07) is 20.7. The lowest BCUT2D eigenvalue weighted by molar-refractivity contribution is -0.133. The van der Waals surface area contributed by atoms with Gasteiger partial charge >= 0.3 is 0 Å². The molecule has 1 atom stereocenters. The molecular formula is C27H31N3O2. The highest BCUT2D eigenvalue weighted by atomic mass is 16.5. The molecule has 1 unspecified atom stereocenters. The lowest BCUT2D eigenvalue weighted by Gasteiger charge is -2.47. The van der Waals surface area contributed by atoms with Crippen LogP contribution in [-0.2, 0) is 11.3 Å². The van der Waals surface area contributed by atoms with Gasteiger partial charge in [-0.1, -0.05) is 24.3 Å². The van der Waals surface area contributed by atoms with Crippen LogP contribution in [0.4, 0.5) is 5.69 Å². The van der Waals surface area contributed by atoms with Crippen LogP contribution >= 0.6 is 0 Å². The van der Waals surface area contributed by atoms with Crippen molar-refractivity contribution < 1.29 is 9.53 Å². The average molecular weight is 430 g/mol. The Morgan fingerprint density at radius 3 is 2.56 bits per heavy atom. The summed E-state index contributed by atoms with van der Waals surface area (Å²) in [6.07, 6.45) is 6.67. The van der Waals surface area contributed by atoms with Crippen LogP contribution in [0.3, 0.4) is 0 Å². The molecule has 0 amide bonds. The number of fused-ring (bicyclic) bond motifs is 1. The second kappa shape index (κ2) is 9.58. The van der Waals surface area contributed by atoms with Crippen molar-refractivity contribution in [1.82, 2.24) is 4.57 Å². The second-order valence-corrected chi connectivity index (χ2v) is 9.05. The zero-order chi connectivity index (χ0) is 22.6. The molecule has 5 rings (SSSR count). The molecule has 0 bridgehead atoms. The van der Waals surface area contributed by atoms with Gasteiger partial charge in [0.05, 0.1) is 17.4 Å². The molecule has 1 aliphatic carbocycles. The van der Waals surface area contributed by atoms with Gasteiger partial charge in [-0.15, -0.1) is 0 Å². The summed E-state index contributed by atoms with van der Waals surface area (Å²) in [6.45, 7) is 1.05. The standard InChI is InChI=1S/C19H20N2O2.C8H11N/c20-7-8-21-17(13-22)11-16-10-14(2-3-18(16)21)15-4-9-23-19(12-15)5-1-6-19;1-9(2)8-6-4-3-5-7-8/h2-3,10-11,13,15H,1,4-6,8-9,12H2;3-7H,1-2H3. The maximum atomic E-state index is 11.2. The van der Waals surface area contributed by atoms with E-state index in [0.717, 1.165) is 36.6 Å². The number of hydrogen-bond donors (Lipinski definition) is 0. The highest BCUT2D eigenvalue weighted by Gasteiger charge is 2.42. The molecule has 1 aromatic heterocycles. The van der Waals surface area contributed by atoms with Gasteiger partial charge in [0, 0.05) is 37.3 Å². The van der Waals surface area contributed by atoms with Gasteiger partial charge in [0.2, 0.25) is 0 Å². The first-order valence-electron chi connectivity index (χ1n) is 11.4. The molecule has 1 saturated carbocycles. The second-order valence-electron chi connectivity index (χ2n) is 9.05. The van der Waals surface area contributed by atoms with Gasteiger partial charge in [0.15, 0.2) is 6.29 Å². The van der Waals surface area contributed by atoms with Crippen molar-refractivity contribution in [3.05, 3.63) is 65.9 Å².